The molecule has 0 atom stereocenters. The molecule has 0 amide bonds. The fourth-order valence-electron chi connectivity index (χ4n) is 1.39. The zero-order valence-electron chi connectivity index (χ0n) is 9.81. The van der Waals surface area contributed by atoms with Crippen LogP contribution in [0.4, 0.5) is 5.69 Å². The first-order valence-corrected chi connectivity index (χ1v) is 9.06. The number of nitrogens with zero attached hydrogens (tertiary/aromatic N) is 1. The van der Waals surface area contributed by atoms with Gasteiger partial charge in [-0.15, -0.1) is 0 Å². The molecule has 0 saturated heterocycles. The second-order valence-corrected chi connectivity index (χ2v) is 8.41. The van der Waals surface area contributed by atoms with Crippen molar-refractivity contribution >= 4 is 48.9 Å². The van der Waals surface area contributed by atoms with Gasteiger partial charge in [-0.1, -0.05) is 23.2 Å². The van der Waals surface area contributed by atoms with Crippen molar-refractivity contribution in [1.29, 1.82) is 0 Å². The van der Waals surface area contributed by atoms with Crippen LogP contribution in [0.3, 0.4) is 0 Å². The minimum absolute atomic E-state index is 0.0154. The van der Waals surface area contributed by atoms with Gasteiger partial charge in [-0.2, -0.15) is 3.71 Å². The van der Waals surface area contributed by atoms with E-state index >= 15 is 0 Å². The first-order valence-electron chi connectivity index (χ1n) is 4.61. The van der Waals surface area contributed by atoms with Crippen molar-refractivity contribution < 1.29 is 16.8 Å². The van der Waals surface area contributed by atoms with Crippen molar-refractivity contribution in [3.63, 3.8) is 0 Å². The molecule has 1 aromatic carbocycles. The first-order chi connectivity index (χ1) is 7.96. The molecule has 0 heterocycles. The average molecular weight is 332 g/mol. The van der Waals surface area contributed by atoms with Crippen molar-refractivity contribution in [1.82, 2.24) is 0 Å². The molecule has 0 saturated carbocycles. The Hall–Kier alpha value is -0.500. The topological polar surface area (TPSA) is 71.5 Å². The number of benzene rings is 1. The van der Waals surface area contributed by atoms with E-state index in [4.69, 9.17) is 23.2 Å². The third kappa shape index (κ3) is 3.09. The van der Waals surface area contributed by atoms with Gasteiger partial charge in [0.2, 0.25) is 20.0 Å². The molecule has 0 aliphatic rings. The van der Waals surface area contributed by atoms with Crippen LogP contribution in [0.5, 0.6) is 0 Å². The van der Waals surface area contributed by atoms with E-state index in [1.165, 1.54) is 12.1 Å². The van der Waals surface area contributed by atoms with Crippen LogP contribution in [0.15, 0.2) is 12.1 Å². The molecule has 9 heteroatoms. The maximum atomic E-state index is 11.6. The normalized spacial score (nSPS) is 12.5. The molecule has 0 unspecified atom stereocenters. The molecule has 0 aromatic heterocycles. The van der Waals surface area contributed by atoms with Gasteiger partial charge in [0, 0.05) is 5.02 Å². The van der Waals surface area contributed by atoms with Gasteiger partial charge in [-0.3, -0.25) is 0 Å². The third-order valence-corrected chi connectivity index (χ3v) is 6.21. The molecule has 0 aliphatic heterocycles. The molecule has 0 aliphatic carbocycles. The van der Waals surface area contributed by atoms with Gasteiger partial charge in [-0.05, 0) is 24.6 Å². The molecule has 18 heavy (non-hydrogen) atoms. The van der Waals surface area contributed by atoms with E-state index < -0.39 is 20.0 Å². The highest BCUT2D eigenvalue weighted by Gasteiger charge is 2.29. The standard InChI is InChI=1S/C9H11Cl2NO4S2/c1-6-7(10)4-5-8(9(6)11)12(17(2,13)14)18(3,15)16/h4-5H,1-3H3. The van der Waals surface area contributed by atoms with E-state index in [0.717, 1.165) is 12.5 Å². The van der Waals surface area contributed by atoms with Gasteiger partial charge in [0.25, 0.3) is 0 Å². The van der Waals surface area contributed by atoms with Crippen LogP contribution < -0.4 is 3.71 Å². The minimum atomic E-state index is -4.01. The van der Waals surface area contributed by atoms with Gasteiger partial charge < -0.3 is 0 Å². The summed E-state index contributed by atoms with van der Waals surface area (Å²) in [7, 11) is -8.02. The summed E-state index contributed by atoms with van der Waals surface area (Å²) in [5.41, 5.74) is 0.275. The lowest BCUT2D eigenvalue weighted by atomic mass is 10.2. The van der Waals surface area contributed by atoms with E-state index in [1.54, 1.807) is 6.92 Å². The number of anilines is 1. The third-order valence-electron chi connectivity index (χ3n) is 2.10. The van der Waals surface area contributed by atoms with E-state index in [2.05, 4.69) is 0 Å². The second kappa shape index (κ2) is 4.88. The highest BCUT2D eigenvalue weighted by atomic mass is 35.5. The van der Waals surface area contributed by atoms with Crippen molar-refractivity contribution in [2.45, 2.75) is 6.92 Å². The van der Waals surface area contributed by atoms with Gasteiger partial charge in [0.05, 0.1) is 23.2 Å². The summed E-state index contributed by atoms with van der Waals surface area (Å²) >= 11 is 11.8. The Morgan fingerprint density at radius 1 is 1.00 bits per heavy atom. The number of sulfonamides is 2. The van der Waals surface area contributed by atoms with E-state index in [0.29, 0.717) is 10.6 Å². The zero-order valence-corrected chi connectivity index (χ0v) is 13.0. The quantitative estimate of drug-likeness (QED) is 0.849. The number of hydrogen-bond acceptors (Lipinski definition) is 4. The highest BCUT2D eigenvalue weighted by molar-refractivity contribution is 8.09. The molecule has 102 valence electrons. The summed E-state index contributed by atoms with van der Waals surface area (Å²) in [6.45, 7) is 1.57. The Balaban J connectivity index is 3.67. The molecule has 0 spiro atoms. The van der Waals surface area contributed by atoms with Crippen LogP contribution in [0.2, 0.25) is 10.0 Å². The Bertz CT molecular complexity index is 651. The molecule has 0 fully saturated rings. The maximum absolute atomic E-state index is 11.6. The lowest BCUT2D eigenvalue weighted by molar-refractivity contribution is 0.590. The van der Waals surface area contributed by atoms with Crippen LogP contribution in [0.1, 0.15) is 5.56 Å². The molecule has 5 nitrogen and oxygen atoms in total. The maximum Gasteiger partial charge on any atom is 0.245 e. The fourth-order valence-corrected chi connectivity index (χ4v) is 4.93. The van der Waals surface area contributed by atoms with Crippen molar-refractivity contribution in [2.75, 3.05) is 16.2 Å². The molecular formula is C9H11Cl2NO4S2. The Kier molecular flexibility index (Phi) is 4.22. The zero-order chi connectivity index (χ0) is 14.3. The molecule has 1 aromatic rings. The lowest BCUT2D eigenvalue weighted by Gasteiger charge is -2.21. The predicted molar refractivity (Wildman–Crippen MR) is 73.4 cm³/mol. The van der Waals surface area contributed by atoms with Gasteiger partial charge in [-0.25, -0.2) is 16.8 Å². The van der Waals surface area contributed by atoms with Crippen LogP contribution in [-0.2, 0) is 20.0 Å². The van der Waals surface area contributed by atoms with E-state index in [1.807, 2.05) is 0 Å². The van der Waals surface area contributed by atoms with Crippen LogP contribution in [0.25, 0.3) is 0 Å². The van der Waals surface area contributed by atoms with Crippen LogP contribution in [-0.4, -0.2) is 29.3 Å². The average Bonchev–Trinajstić information content (AvgIpc) is 2.15. The first kappa shape index (κ1) is 15.6. The van der Waals surface area contributed by atoms with E-state index in [-0.39, 0.29) is 14.4 Å². The molecule has 0 bridgehead atoms. The van der Waals surface area contributed by atoms with Crippen LogP contribution in [0, 0.1) is 6.92 Å². The van der Waals surface area contributed by atoms with Crippen LogP contribution >= 0.6 is 23.2 Å². The van der Waals surface area contributed by atoms with Gasteiger partial charge in [0.1, 0.15) is 0 Å². The Labute approximate surface area is 116 Å². The Morgan fingerprint density at radius 3 is 1.83 bits per heavy atom. The van der Waals surface area contributed by atoms with Crippen molar-refractivity contribution in [2.24, 2.45) is 0 Å². The highest BCUT2D eigenvalue weighted by Crippen LogP contribution is 2.35. The summed E-state index contributed by atoms with van der Waals surface area (Å²) in [5, 5.41) is 0.309. The summed E-state index contributed by atoms with van der Waals surface area (Å²) in [5.74, 6) is 0. The number of hydrogen-bond donors (Lipinski definition) is 0. The van der Waals surface area contributed by atoms with Crippen molar-refractivity contribution in [3.05, 3.63) is 27.7 Å². The number of rotatable bonds is 3. The molecular weight excluding hydrogens is 321 g/mol. The summed E-state index contributed by atoms with van der Waals surface area (Å²) < 4.78 is 46.6. The summed E-state index contributed by atoms with van der Waals surface area (Å²) in [6.07, 6.45) is 1.57. The minimum Gasteiger partial charge on any atom is -0.206 e. The summed E-state index contributed by atoms with van der Waals surface area (Å²) in [6, 6.07) is 2.64. The van der Waals surface area contributed by atoms with Gasteiger partial charge in [0.15, 0.2) is 0 Å². The van der Waals surface area contributed by atoms with Gasteiger partial charge >= 0.3 is 0 Å². The van der Waals surface area contributed by atoms with E-state index in [9.17, 15) is 16.8 Å². The monoisotopic (exact) mass is 331 g/mol. The molecule has 1 rings (SSSR count). The lowest BCUT2D eigenvalue weighted by Crippen LogP contribution is -2.35. The number of halogens is 2. The largest absolute Gasteiger partial charge is 0.245 e. The SMILES string of the molecule is Cc1c(Cl)ccc(N(S(C)(=O)=O)S(C)(=O)=O)c1Cl. The fraction of sp³-hybridized carbons (Fsp3) is 0.333. The summed E-state index contributed by atoms with van der Waals surface area (Å²) in [4.78, 5) is 0. The van der Waals surface area contributed by atoms with Crippen molar-refractivity contribution in [3.8, 4) is 0 Å². The smallest absolute Gasteiger partial charge is 0.206 e. The molecule has 0 N–H and O–H groups in total. The second-order valence-electron chi connectivity index (χ2n) is 3.73. The predicted octanol–water partition coefficient (Wildman–Crippen LogP) is 2.03. The molecule has 0 radical (unpaired) electrons. The Morgan fingerprint density at radius 2 is 1.44 bits per heavy atom.